The molecule has 2 aromatic heterocycles. The number of aromatic hydroxyl groups is 1. The third-order valence-electron chi connectivity index (χ3n) is 5.04. The second-order valence-corrected chi connectivity index (χ2v) is 7.20. The van der Waals surface area contributed by atoms with Crippen LogP contribution in [0.2, 0.25) is 0 Å². The lowest BCUT2D eigenvalue weighted by Crippen LogP contribution is -2.47. The van der Waals surface area contributed by atoms with Gasteiger partial charge >= 0.3 is 0 Å². The summed E-state index contributed by atoms with van der Waals surface area (Å²) in [5, 5.41) is 14.3. The maximum atomic E-state index is 9.54. The molecule has 0 spiro atoms. The minimum atomic E-state index is 0.246. The summed E-state index contributed by atoms with van der Waals surface area (Å²) < 4.78 is 4.65. The van der Waals surface area contributed by atoms with E-state index in [0.717, 1.165) is 54.7 Å². The van der Waals surface area contributed by atoms with Crippen LogP contribution < -0.4 is 4.90 Å². The molecule has 1 saturated heterocycles. The van der Waals surface area contributed by atoms with Crippen molar-refractivity contribution >= 4 is 18.0 Å². The van der Waals surface area contributed by atoms with E-state index in [1.165, 1.54) is 0 Å². The zero-order valence-corrected chi connectivity index (χ0v) is 16.7. The molecule has 1 aromatic carbocycles. The van der Waals surface area contributed by atoms with Crippen LogP contribution >= 0.6 is 12.2 Å². The van der Waals surface area contributed by atoms with Gasteiger partial charge in [0.2, 0.25) is 0 Å². The lowest BCUT2D eigenvalue weighted by atomic mass is 10.2. The number of hydrogen-bond acceptors (Lipinski definition) is 6. The zero-order valence-electron chi connectivity index (χ0n) is 15.9. The van der Waals surface area contributed by atoms with Crippen molar-refractivity contribution in [3.8, 4) is 17.1 Å². The molecular weight excluding hydrogens is 372 g/mol. The van der Waals surface area contributed by atoms with Crippen LogP contribution in [0, 0.1) is 4.77 Å². The fraction of sp³-hybridized carbons (Fsp3) is 0.350. The molecule has 0 amide bonds. The van der Waals surface area contributed by atoms with E-state index in [9.17, 15) is 5.11 Å². The number of hydrogen-bond donors (Lipinski definition) is 1. The van der Waals surface area contributed by atoms with Gasteiger partial charge in [0.05, 0.1) is 6.67 Å². The number of rotatable bonds is 5. The molecule has 8 heteroatoms. The fourth-order valence-electron chi connectivity index (χ4n) is 3.49. The van der Waals surface area contributed by atoms with Gasteiger partial charge in [-0.3, -0.25) is 4.90 Å². The Bertz CT molecular complexity index is 974. The topological polar surface area (TPSA) is 62.4 Å². The van der Waals surface area contributed by atoms with Gasteiger partial charge in [-0.1, -0.05) is 6.07 Å². The third kappa shape index (κ3) is 3.79. The molecule has 7 nitrogen and oxygen atoms in total. The van der Waals surface area contributed by atoms with Gasteiger partial charge in [0.1, 0.15) is 11.6 Å². The second kappa shape index (κ2) is 8.12. The van der Waals surface area contributed by atoms with Gasteiger partial charge in [-0.2, -0.15) is 5.10 Å². The largest absolute Gasteiger partial charge is 0.508 e. The van der Waals surface area contributed by atoms with Crippen LogP contribution in [0.5, 0.6) is 5.75 Å². The molecule has 1 aliphatic heterocycles. The van der Waals surface area contributed by atoms with Crippen LogP contribution in [0.1, 0.15) is 6.92 Å². The number of piperazine rings is 1. The van der Waals surface area contributed by atoms with Gasteiger partial charge in [-0.15, -0.1) is 0 Å². The highest BCUT2D eigenvalue weighted by atomic mass is 32.1. The maximum Gasteiger partial charge on any atom is 0.199 e. The summed E-state index contributed by atoms with van der Waals surface area (Å²) in [5.74, 6) is 2.11. The molecule has 0 radical (unpaired) electrons. The van der Waals surface area contributed by atoms with E-state index in [1.807, 2.05) is 39.7 Å². The number of aromatic nitrogens is 4. The first-order valence-electron chi connectivity index (χ1n) is 9.51. The normalized spacial score (nSPS) is 15.1. The van der Waals surface area contributed by atoms with Crippen LogP contribution in [0.25, 0.3) is 11.4 Å². The minimum absolute atomic E-state index is 0.246. The predicted molar refractivity (Wildman–Crippen MR) is 112 cm³/mol. The van der Waals surface area contributed by atoms with Gasteiger partial charge in [0.15, 0.2) is 10.6 Å². The third-order valence-corrected chi connectivity index (χ3v) is 5.48. The van der Waals surface area contributed by atoms with E-state index < -0.39 is 0 Å². The maximum absolute atomic E-state index is 9.54. The Morgan fingerprint density at radius 3 is 2.43 bits per heavy atom. The van der Waals surface area contributed by atoms with Gasteiger partial charge < -0.3 is 14.6 Å². The summed E-state index contributed by atoms with van der Waals surface area (Å²) in [6, 6.07) is 13.1. The molecule has 1 N–H and O–H groups in total. The predicted octanol–water partition coefficient (Wildman–Crippen LogP) is 2.98. The quantitative estimate of drug-likeness (QED) is 0.669. The Morgan fingerprint density at radius 2 is 1.79 bits per heavy atom. The van der Waals surface area contributed by atoms with Gasteiger partial charge in [0, 0.05) is 44.5 Å². The highest BCUT2D eigenvalue weighted by Gasteiger charge is 2.20. The molecule has 0 aliphatic carbocycles. The van der Waals surface area contributed by atoms with Crippen LogP contribution in [0.3, 0.4) is 0 Å². The molecule has 3 heterocycles. The van der Waals surface area contributed by atoms with E-state index in [4.69, 9.17) is 17.3 Å². The van der Waals surface area contributed by atoms with Gasteiger partial charge in [0.25, 0.3) is 0 Å². The minimum Gasteiger partial charge on any atom is -0.508 e. The molecule has 0 bridgehead atoms. The number of phenols is 1. The van der Waals surface area contributed by atoms with Crippen LogP contribution in [0.4, 0.5) is 5.82 Å². The van der Waals surface area contributed by atoms with Gasteiger partial charge in [-0.05, 0) is 55.5 Å². The molecule has 28 heavy (non-hydrogen) atoms. The molecule has 4 rings (SSSR count). The lowest BCUT2D eigenvalue weighted by molar-refractivity contribution is 0.194. The number of benzene rings is 1. The Labute approximate surface area is 169 Å². The Hall–Kier alpha value is -2.71. The van der Waals surface area contributed by atoms with Crippen molar-refractivity contribution in [3.05, 3.63) is 53.4 Å². The fourth-order valence-corrected chi connectivity index (χ4v) is 3.81. The SMILES string of the molecule is CCn1c(-c2ccc(O)cc2)nn(CN2CCN(c3ccccn3)CC2)c1=S. The van der Waals surface area contributed by atoms with Crippen molar-refractivity contribution in [1.29, 1.82) is 0 Å². The van der Waals surface area contributed by atoms with E-state index in [0.29, 0.717) is 6.67 Å². The molecule has 0 unspecified atom stereocenters. The lowest BCUT2D eigenvalue weighted by Gasteiger charge is -2.35. The monoisotopic (exact) mass is 396 g/mol. The Morgan fingerprint density at radius 1 is 1.04 bits per heavy atom. The first kappa shape index (κ1) is 18.6. The van der Waals surface area contributed by atoms with Crippen molar-refractivity contribution in [1.82, 2.24) is 24.2 Å². The summed E-state index contributed by atoms with van der Waals surface area (Å²) in [4.78, 5) is 9.12. The van der Waals surface area contributed by atoms with E-state index in [-0.39, 0.29) is 5.75 Å². The summed E-state index contributed by atoms with van der Waals surface area (Å²) in [7, 11) is 0. The first-order chi connectivity index (χ1) is 13.7. The van der Waals surface area contributed by atoms with Crippen LogP contribution in [0.15, 0.2) is 48.7 Å². The number of nitrogens with zero attached hydrogens (tertiary/aromatic N) is 6. The van der Waals surface area contributed by atoms with Crippen molar-refractivity contribution in [2.24, 2.45) is 0 Å². The Balaban J connectivity index is 1.48. The number of pyridine rings is 1. The van der Waals surface area contributed by atoms with Crippen molar-refractivity contribution in [2.75, 3.05) is 31.1 Å². The van der Waals surface area contributed by atoms with Crippen LogP contribution in [-0.4, -0.2) is 55.5 Å². The number of phenolic OH excluding ortho intramolecular Hbond substituents is 1. The van der Waals surface area contributed by atoms with Crippen molar-refractivity contribution in [3.63, 3.8) is 0 Å². The molecule has 0 atom stereocenters. The second-order valence-electron chi connectivity index (χ2n) is 6.83. The number of anilines is 1. The van der Waals surface area contributed by atoms with E-state index in [2.05, 4.69) is 27.8 Å². The van der Waals surface area contributed by atoms with Gasteiger partial charge in [-0.25, -0.2) is 9.67 Å². The Kier molecular flexibility index (Phi) is 5.40. The smallest absolute Gasteiger partial charge is 0.199 e. The molecular formula is C20H24N6OS. The van der Waals surface area contributed by atoms with Crippen molar-refractivity contribution in [2.45, 2.75) is 20.1 Å². The highest BCUT2D eigenvalue weighted by molar-refractivity contribution is 7.71. The molecule has 3 aromatic rings. The average Bonchev–Trinajstić information content (AvgIpc) is 3.05. The van der Waals surface area contributed by atoms with Crippen molar-refractivity contribution < 1.29 is 5.11 Å². The van der Waals surface area contributed by atoms with Crippen LogP contribution in [-0.2, 0) is 13.2 Å². The van der Waals surface area contributed by atoms with E-state index in [1.54, 1.807) is 12.1 Å². The standard InChI is InChI=1S/C20H24N6OS/c1-2-25-19(16-6-8-17(27)9-7-16)22-26(20(25)28)15-23-11-13-24(14-12-23)18-5-3-4-10-21-18/h3-10,27H,2,11-15H2,1H3. The average molecular weight is 397 g/mol. The zero-order chi connectivity index (χ0) is 19.5. The molecule has 1 aliphatic rings. The van der Waals surface area contributed by atoms with E-state index >= 15 is 0 Å². The summed E-state index contributed by atoms with van der Waals surface area (Å²) in [6.07, 6.45) is 1.84. The molecule has 1 fully saturated rings. The molecule has 146 valence electrons. The summed E-state index contributed by atoms with van der Waals surface area (Å²) >= 11 is 5.67. The summed E-state index contributed by atoms with van der Waals surface area (Å²) in [5.41, 5.74) is 0.949. The highest BCUT2D eigenvalue weighted by Crippen LogP contribution is 2.21. The first-order valence-corrected chi connectivity index (χ1v) is 9.92. The summed E-state index contributed by atoms with van der Waals surface area (Å²) in [6.45, 7) is 7.23. The molecule has 0 saturated carbocycles.